The molecule has 0 radical (unpaired) electrons. The molecule has 1 aromatic carbocycles. The molecule has 13 heteroatoms. The molecule has 3 aliphatic heterocycles. The highest BCUT2D eigenvalue weighted by molar-refractivity contribution is 6.00. The molecular formula is C44H62F2N4O7. The van der Waals surface area contributed by atoms with Crippen molar-refractivity contribution in [3.8, 4) is 5.75 Å². The fraction of sp³-hybridized carbons (Fsp3) is 0.659. The number of methoxy groups -OCH3 is 1. The molecule has 0 unspecified atom stereocenters. The summed E-state index contributed by atoms with van der Waals surface area (Å²) in [6, 6.07) is 2.11. The number of aromatic nitrogens is 1. The SMILES string of the molecule is CCCCCCCCCCCCCCCCCCCC(=O)Oc1c2n(cc(C(=O)NCc3ccc(F)cc3F)c1=O)[C@@H]1CN(C2=O)[C@@H](C)CC[C@]12CC(OC)=NO2. The highest BCUT2D eigenvalue weighted by Crippen LogP contribution is 2.46. The van der Waals surface area contributed by atoms with Crippen LogP contribution in [-0.4, -0.2) is 58.4 Å². The minimum Gasteiger partial charge on any atom is -0.482 e. The molecule has 314 valence electrons. The summed E-state index contributed by atoms with van der Waals surface area (Å²) in [6.45, 7) is 4.01. The van der Waals surface area contributed by atoms with Gasteiger partial charge in [-0.05, 0) is 32.3 Å². The zero-order valence-corrected chi connectivity index (χ0v) is 34.2. The van der Waals surface area contributed by atoms with Crippen LogP contribution >= 0.6 is 0 Å². The summed E-state index contributed by atoms with van der Waals surface area (Å²) in [7, 11) is 1.49. The van der Waals surface area contributed by atoms with Crippen molar-refractivity contribution in [1.29, 1.82) is 0 Å². The fourth-order valence-electron chi connectivity index (χ4n) is 8.37. The topological polar surface area (TPSA) is 129 Å². The van der Waals surface area contributed by atoms with E-state index in [-0.39, 0.29) is 43.2 Å². The van der Waals surface area contributed by atoms with Gasteiger partial charge in [0.25, 0.3) is 11.8 Å². The average Bonchev–Trinajstić information content (AvgIpc) is 3.58. The van der Waals surface area contributed by atoms with E-state index in [9.17, 15) is 28.0 Å². The Morgan fingerprint density at radius 2 is 1.54 bits per heavy atom. The van der Waals surface area contributed by atoms with Gasteiger partial charge in [0.2, 0.25) is 17.1 Å². The van der Waals surface area contributed by atoms with E-state index < -0.39 is 57.8 Å². The molecule has 2 aromatic rings. The van der Waals surface area contributed by atoms with Gasteiger partial charge >= 0.3 is 5.97 Å². The van der Waals surface area contributed by atoms with Crippen LogP contribution in [0.4, 0.5) is 8.78 Å². The van der Waals surface area contributed by atoms with Crippen molar-refractivity contribution in [2.45, 2.75) is 173 Å². The molecule has 1 spiro atoms. The van der Waals surface area contributed by atoms with Gasteiger partial charge in [-0.3, -0.25) is 19.2 Å². The Kier molecular flexibility index (Phi) is 16.5. The van der Waals surface area contributed by atoms with E-state index in [2.05, 4.69) is 17.4 Å². The number of oxime groups is 1. The molecule has 1 fully saturated rings. The first-order valence-corrected chi connectivity index (χ1v) is 21.4. The number of hydrogen-bond acceptors (Lipinski definition) is 8. The number of amides is 2. The summed E-state index contributed by atoms with van der Waals surface area (Å²) in [6.07, 6.45) is 23.2. The van der Waals surface area contributed by atoms with E-state index in [1.54, 1.807) is 4.90 Å². The number of nitrogens with zero attached hydrogens (tertiary/aromatic N) is 3. The third-order valence-corrected chi connectivity index (χ3v) is 11.9. The summed E-state index contributed by atoms with van der Waals surface area (Å²) >= 11 is 0. The lowest BCUT2D eigenvalue weighted by atomic mass is 9.85. The largest absolute Gasteiger partial charge is 0.482 e. The molecule has 5 rings (SSSR count). The number of pyridine rings is 1. The molecule has 57 heavy (non-hydrogen) atoms. The minimum atomic E-state index is -0.974. The number of carbonyl (C=O) groups is 3. The number of unbranched alkanes of at least 4 members (excludes halogenated alkanes) is 16. The zero-order chi connectivity index (χ0) is 40.8. The van der Waals surface area contributed by atoms with Crippen LogP contribution in [0.25, 0.3) is 0 Å². The van der Waals surface area contributed by atoms with E-state index >= 15 is 0 Å². The molecular weight excluding hydrogens is 735 g/mol. The Morgan fingerprint density at radius 1 is 0.930 bits per heavy atom. The molecule has 1 aromatic heterocycles. The number of rotatable bonds is 22. The number of carbonyl (C=O) groups excluding carboxylic acids is 3. The summed E-state index contributed by atoms with van der Waals surface area (Å²) < 4.78 is 40.6. The maximum Gasteiger partial charge on any atom is 0.311 e. The van der Waals surface area contributed by atoms with Gasteiger partial charge in [-0.2, -0.15) is 0 Å². The molecule has 1 N–H and O–H groups in total. The van der Waals surface area contributed by atoms with Crippen molar-refractivity contribution in [3.05, 3.63) is 63.1 Å². The van der Waals surface area contributed by atoms with Crippen molar-refractivity contribution in [2.24, 2.45) is 5.16 Å². The van der Waals surface area contributed by atoms with E-state index in [1.165, 1.54) is 101 Å². The molecule has 11 nitrogen and oxygen atoms in total. The fourth-order valence-corrected chi connectivity index (χ4v) is 8.37. The van der Waals surface area contributed by atoms with Gasteiger partial charge < -0.3 is 29.1 Å². The number of halogens is 2. The van der Waals surface area contributed by atoms with Gasteiger partial charge in [-0.25, -0.2) is 8.78 Å². The molecule has 1 saturated heterocycles. The lowest BCUT2D eigenvalue weighted by Crippen LogP contribution is -2.52. The Labute approximate surface area is 335 Å². The molecule has 3 aliphatic rings. The number of esters is 1. The van der Waals surface area contributed by atoms with E-state index in [0.717, 1.165) is 31.7 Å². The Hall–Kier alpha value is -4.29. The molecule has 4 heterocycles. The number of ether oxygens (including phenoxy) is 2. The van der Waals surface area contributed by atoms with Crippen LogP contribution in [0.2, 0.25) is 0 Å². The van der Waals surface area contributed by atoms with Crippen LogP contribution in [0.3, 0.4) is 0 Å². The lowest BCUT2D eigenvalue weighted by Gasteiger charge is -2.41. The summed E-state index contributed by atoms with van der Waals surface area (Å²) in [5.74, 6) is -3.83. The molecule has 2 amide bonds. The highest BCUT2D eigenvalue weighted by atomic mass is 19.1. The van der Waals surface area contributed by atoms with Crippen LogP contribution < -0.4 is 15.5 Å². The Balaban J connectivity index is 1.21. The number of fused-ring (bicyclic) bond motifs is 5. The van der Waals surface area contributed by atoms with Gasteiger partial charge in [-0.1, -0.05) is 121 Å². The van der Waals surface area contributed by atoms with Gasteiger partial charge in [0, 0.05) is 43.4 Å². The van der Waals surface area contributed by atoms with Crippen LogP contribution in [0.1, 0.15) is 181 Å². The highest BCUT2D eigenvalue weighted by Gasteiger charge is 2.55. The van der Waals surface area contributed by atoms with E-state index in [1.807, 2.05) is 6.92 Å². The quantitative estimate of drug-likeness (QED) is 0.0929. The predicted molar refractivity (Wildman–Crippen MR) is 214 cm³/mol. The van der Waals surface area contributed by atoms with Crippen molar-refractivity contribution >= 4 is 23.7 Å². The van der Waals surface area contributed by atoms with Gasteiger partial charge in [0.05, 0.1) is 19.6 Å². The van der Waals surface area contributed by atoms with E-state index in [4.69, 9.17) is 14.3 Å². The maximum absolute atomic E-state index is 14.4. The van der Waals surface area contributed by atoms with E-state index in [0.29, 0.717) is 31.2 Å². The Bertz CT molecular complexity index is 1780. The number of benzene rings is 1. The van der Waals surface area contributed by atoms with Crippen LogP contribution in [0.5, 0.6) is 5.75 Å². The van der Waals surface area contributed by atoms with Crippen molar-refractivity contribution < 1.29 is 37.5 Å². The first-order valence-electron chi connectivity index (χ1n) is 21.4. The molecule has 0 aliphatic carbocycles. The van der Waals surface area contributed by atoms with Crippen LogP contribution in [-0.2, 0) is 20.9 Å². The third kappa shape index (κ3) is 11.4. The predicted octanol–water partition coefficient (Wildman–Crippen LogP) is 9.30. The molecule has 2 bridgehead atoms. The van der Waals surface area contributed by atoms with Gasteiger partial charge in [0.1, 0.15) is 17.2 Å². The number of hydrogen-bond donors (Lipinski definition) is 1. The molecule has 3 atom stereocenters. The van der Waals surface area contributed by atoms with Crippen molar-refractivity contribution in [2.75, 3.05) is 13.7 Å². The van der Waals surface area contributed by atoms with Gasteiger partial charge in [-0.15, -0.1) is 0 Å². The van der Waals surface area contributed by atoms with Gasteiger partial charge in [0.15, 0.2) is 11.3 Å². The molecule has 0 saturated carbocycles. The normalized spacial score (nSPS) is 19.8. The standard InChI is InChI=1S/C44H62F2N4O7/c1-4-5-6-7-8-9-10-11-12-13-14-15-16-17-18-19-20-21-38(51)56-41-39-43(54)49-30-36(44(25-24-31(49)2)27-37(55-3)48-57-44)50(39)29-34(40(41)52)42(53)47-28-32-22-23-33(45)26-35(32)46/h22-23,26,29,31,36H,4-21,24-25,27-28,30H2,1-3H3,(H,47,53)/t31-,36+,44-/m0/s1. The second kappa shape index (κ2) is 21.5. The summed E-state index contributed by atoms with van der Waals surface area (Å²) in [4.78, 5) is 63.0. The third-order valence-electron chi connectivity index (χ3n) is 11.9. The second-order valence-electron chi connectivity index (χ2n) is 16.1. The average molecular weight is 797 g/mol. The first kappa shape index (κ1) is 43.8. The van der Waals surface area contributed by atoms with Crippen molar-refractivity contribution in [3.63, 3.8) is 0 Å². The summed E-state index contributed by atoms with van der Waals surface area (Å²) in [5.41, 5.74) is -2.45. The lowest BCUT2D eigenvalue weighted by molar-refractivity contribution is -0.134. The minimum absolute atomic E-state index is 0.00896. The van der Waals surface area contributed by atoms with Crippen molar-refractivity contribution in [1.82, 2.24) is 14.8 Å². The van der Waals surface area contributed by atoms with Crippen LogP contribution in [0.15, 0.2) is 34.3 Å². The monoisotopic (exact) mass is 796 g/mol. The summed E-state index contributed by atoms with van der Waals surface area (Å²) in [5, 5.41) is 6.67. The zero-order valence-electron chi connectivity index (χ0n) is 34.2. The van der Waals surface area contributed by atoms with Crippen LogP contribution in [0, 0.1) is 11.6 Å². The second-order valence-corrected chi connectivity index (χ2v) is 16.1. The number of nitrogens with one attached hydrogen (secondary N) is 1. The first-order chi connectivity index (χ1) is 27.6. The maximum atomic E-state index is 14.4. The Morgan fingerprint density at radius 3 is 2.12 bits per heavy atom. The smallest absolute Gasteiger partial charge is 0.311 e.